The van der Waals surface area contributed by atoms with E-state index in [1.807, 2.05) is 0 Å². The number of carbonyl (C=O) groups is 2. The molecular weight excluding hydrogens is 472 g/mol. The predicted molar refractivity (Wildman–Crippen MR) is 128 cm³/mol. The highest BCUT2D eigenvalue weighted by molar-refractivity contribution is 5.93. The fourth-order valence-corrected chi connectivity index (χ4v) is 5.13. The minimum atomic E-state index is -1.72. The lowest BCUT2D eigenvalue weighted by molar-refractivity contribution is -0.154. The monoisotopic (exact) mass is 495 g/mol. The van der Waals surface area contributed by atoms with E-state index in [0.717, 1.165) is 16.5 Å². The van der Waals surface area contributed by atoms with Gasteiger partial charge in [-0.15, -0.1) is 0 Å². The van der Waals surface area contributed by atoms with E-state index in [9.17, 15) is 24.6 Å². The van der Waals surface area contributed by atoms with Crippen LogP contribution in [0.2, 0.25) is 0 Å². The van der Waals surface area contributed by atoms with Gasteiger partial charge in [0.1, 0.15) is 5.56 Å². The van der Waals surface area contributed by atoms with Crippen LogP contribution >= 0.6 is 0 Å². The third-order valence-corrected chi connectivity index (χ3v) is 6.83. The number of carboxylic acids is 2. The summed E-state index contributed by atoms with van der Waals surface area (Å²) in [5.41, 5.74) is -0.537. The molecule has 4 aromatic rings. The number of carboxylic acid groups (broad SMARTS) is 2. The summed E-state index contributed by atoms with van der Waals surface area (Å²) >= 11 is 0. The minimum Gasteiger partial charge on any atom is -0.480 e. The molecule has 186 valence electrons. The fraction of sp³-hybridized carbons (Fsp3) is 0.269. The normalized spacial score (nSPS) is 19.5. The molecule has 10 heteroatoms. The van der Waals surface area contributed by atoms with Gasteiger partial charge in [-0.1, -0.05) is 24.3 Å². The summed E-state index contributed by atoms with van der Waals surface area (Å²) in [4.78, 5) is 41.4. The average Bonchev–Trinajstić information content (AvgIpc) is 3.26. The van der Waals surface area contributed by atoms with Gasteiger partial charge in [-0.25, -0.2) is 18.5 Å². The Hall–Kier alpha value is -4.05. The largest absolute Gasteiger partial charge is 0.480 e. The van der Waals surface area contributed by atoms with Crippen molar-refractivity contribution < 1.29 is 28.6 Å². The van der Waals surface area contributed by atoms with Crippen LogP contribution in [0.25, 0.3) is 21.8 Å². The van der Waals surface area contributed by atoms with Crippen LogP contribution in [0, 0.1) is 12.7 Å². The lowest BCUT2D eigenvalue weighted by atomic mass is 10.00. The van der Waals surface area contributed by atoms with Crippen molar-refractivity contribution in [3.05, 3.63) is 81.5 Å². The summed E-state index contributed by atoms with van der Waals surface area (Å²) in [5.74, 6) is -3.59. The molecule has 5 rings (SSSR count). The fourth-order valence-electron chi connectivity index (χ4n) is 5.13. The van der Waals surface area contributed by atoms with Crippen LogP contribution in [0.3, 0.4) is 0 Å². The number of likely N-dealkylation sites (tertiary alicyclic amines) is 1. The lowest BCUT2D eigenvalue weighted by Gasteiger charge is -2.42. The molecule has 36 heavy (non-hydrogen) atoms. The van der Waals surface area contributed by atoms with Crippen molar-refractivity contribution in [1.82, 2.24) is 14.5 Å². The number of benzene rings is 2. The highest BCUT2D eigenvalue weighted by Gasteiger charge is 2.42. The molecule has 0 aliphatic carbocycles. The second kappa shape index (κ2) is 8.87. The van der Waals surface area contributed by atoms with Crippen molar-refractivity contribution in [2.24, 2.45) is 0 Å². The molecule has 0 radical (unpaired) electrons. The number of nitrogens with one attached hydrogen (secondary N) is 1. The summed E-state index contributed by atoms with van der Waals surface area (Å²) < 4.78 is 32.3. The molecule has 1 aliphatic heterocycles. The first-order valence-electron chi connectivity index (χ1n) is 11.5. The average molecular weight is 495 g/mol. The molecule has 8 nitrogen and oxygen atoms in total. The Kier molecular flexibility index (Phi) is 5.83. The van der Waals surface area contributed by atoms with E-state index in [0.29, 0.717) is 11.9 Å². The van der Waals surface area contributed by atoms with Crippen LogP contribution in [-0.4, -0.2) is 42.9 Å². The summed E-state index contributed by atoms with van der Waals surface area (Å²) in [7, 11) is 0. The maximum absolute atomic E-state index is 15.6. The van der Waals surface area contributed by atoms with Crippen LogP contribution in [0.4, 0.5) is 8.78 Å². The van der Waals surface area contributed by atoms with E-state index >= 15 is 8.78 Å². The standard InChI is InChI=1S/C26H23F2N3O5/c1-13-9-10-15-22(21(13)28)30(12-16(24(15)32)25(33)34)20-8-4-7-19(27)31(20)23(26(35)36)18-11-14-5-2-3-6-17(14)29-18/h2-3,5-6,9-12,19-20,23,29H,4,7-8H2,1H3,(H,33,34)(H,35,36). The van der Waals surface area contributed by atoms with Crippen molar-refractivity contribution in [2.45, 2.75) is 44.7 Å². The molecular formula is C26H23F2N3O5. The molecule has 3 unspecified atom stereocenters. The number of aromatic nitrogens is 2. The highest BCUT2D eigenvalue weighted by atomic mass is 19.1. The van der Waals surface area contributed by atoms with Gasteiger partial charge in [-0.2, -0.15) is 0 Å². The number of pyridine rings is 1. The maximum Gasteiger partial charge on any atom is 0.341 e. The van der Waals surface area contributed by atoms with E-state index in [1.54, 1.807) is 30.3 Å². The summed E-state index contributed by atoms with van der Waals surface area (Å²) in [6.07, 6.45) is -1.17. The van der Waals surface area contributed by atoms with Gasteiger partial charge in [0.15, 0.2) is 18.2 Å². The van der Waals surface area contributed by atoms with Crippen LogP contribution < -0.4 is 5.43 Å². The molecule has 1 aliphatic rings. The topological polar surface area (TPSA) is 116 Å². The SMILES string of the molecule is Cc1ccc2c(=O)c(C(=O)O)cn(C3CCCC(F)N3C(C(=O)O)c3cc4ccccc4[nH]3)c2c1F. The van der Waals surface area contributed by atoms with Crippen molar-refractivity contribution in [3.8, 4) is 0 Å². The number of H-pyrrole nitrogens is 1. The molecule has 2 aromatic carbocycles. The third-order valence-electron chi connectivity index (χ3n) is 6.83. The number of hydrogen-bond donors (Lipinski definition) is 3. The number of hydrogen-bond acceptors (Lipinski definition) is 4. The Balaban J connectivity index is 1.76. The van der Waals surface area contributed by atoms with E-state index in [4.69, 9.17) is 0 Å². The number of aromatic amines is 1. The first-order valence-corrected chi connectivity index (χ1v) is 11.5. The van der Waals surface area contributed by atoms with Crippen molar-refractivity contribution in [1.29, 1.82) is 0 Å². The Morgan fingerprint density at radius 1 is 1.14 bits per heavy atom. The van der Waals surface area contributed by atoms with E-state index < -0.39 is 47.3 Å². The van der Waals surface area contributed by atoms with Gasteiger partial charge in [0.05, 0.1) is 11.7 Å². The molecule has 0 spiro atoms. The van der Waals surface area contributed by atoms with Crippen LogP contribution in [-0.2, 0) is 4.79 Å². The van der Waals surface area contributed by atoms with Crippen molar-refractivity contribution in [3.63, 3.8) is 0 Å². The van der Waals surface area contributed by atoms with Crippen LogP contribution in [0.15, 0.2) is 53.5 Å². The molecule has 1 saturated heterocycles. The first kappa shape index (κ1) is 23.7. The number of aliphatic carboxylic acids is 1. The Morgan fingerprint density at radius 3 is 2.58 bits per heavy atom. The molecule has 0 amide bonds. The zero-order valence-electron chi connectivity index (χ0n) is 19.2. The number of halogens is 2. The van der Waals surface area contributed by atoms with E-state index in [-0.39, 0.29) is 35.0 Å². The minimum absolute atomic E-state index is 0.0476. The third kappa shape index (κ3) is 3.74. The first-order chi connectivity index (χ1) is 17.2. The van der Waals surface area contributed by atoms with Gasteiger partial charge in [0.25, 0.3) is 0 Å². The zero-order valence-corrected chi connectivity index (χ0v) is 19.2. The second-order valence-electron chi connectivity index (χ2n) is 9.02. The number of aromatic carboxylic acids is 1. The van der Waals surface area contributed by atoms with Crippen LogP contribution in [0.1, 0.15) is 53.1 Å². The molecule has 3 atom stereocenters. The van der Waals surface area contributed by atoms with Gasteiger partial charge in [0, 0.05) is 22.8 Å². The maximum atomic E-state index is 15.6. The second-order valence-corrected chi connectivity index (χ2v) is 9.02. The predicted octanol–water partition coefficient (Wildman–Crippen LogP) is 4.73. The van der Waals surface area contributed by atoms with Gasteiger partial charge in [-0.05, 0) is 55.3 Å². The number of rotatable bonds is 5. The number of fused-ring (bicyclic) bond motifs is 2. The van der Waals surface area contributed by atoms with E-state index in [2.05, 4.69) is 4.98 Å². The summed E-state index contributed by atoms with van der Waals surface area (Å²) in [6.45, 7) is 1.50. The highest BCUT2D eigenvalue weighted by Crippen LogP contribution is 2.40. The Labute approximate surface area is 203 Å². The number of aryl methyl sites for hydroxylation is 1. The van der Waals surface area contributed by atoms with Gasteiger partial charge >= 0.3 is 11.9 Å². The Morgan fingerprint density at radius 2 is 1.89 bits per heavy atom. The van der Waals surface area contributed by atoms with Crippen molar-refractivity contribution in [2.75, 3.05) is 0 Å². The lowest BCUT2D eigenvalue weighted by Crippen LogP contribution is -2.47. The summed E-state index contributed by atoms with van der Waals surface area (Å²) in [6, 6.07) is 10.00. The van der Waals surface area contributed by atoms with Gasteiger partial charge < -0.3 is 19.8 Å². The van der Waals surface area contributed by atoms with Gasteiger partial charge in [0.2, 0.25) is 5.43 Å². The Bertz CT molecular complexity index is 1540. The quantitative estimate of drug-likeness (QED) is 0.345. The van der Waals surface area contributed by atoms with Crippen LogP contribution in [0.5, 0.6) is 0 Å². The molecule has 1 fully saturated rings. The molecule has 2 aromatic heterocycles. The smallest absolute Gasteiger partial charge is 0.341 e. The van der Waals surface area contributed by atoms with E-state index in [1.165, 1.54) is 23.6 Å². The molecule has 3 N–H and O–H groups in total. The number of alkyl halides is 1. The number of nitrogens with zero attached hydrogens (tertiary/aromatic N) is 2. The number of piperidine rings is 1. The van der Waals surface area contributed by atoms with Gasteiger partial charge in [-0.3, -0.25) is 9.59 Å². The molecule has 0 bridgehead atoms. The zero-order chi connectivity index (χ0) is 25.7. The molecule has 0 saturated carbocycles. The van der Waals surface area contributed by atoms with Crippen molar-refractivity contribution >= 4 is 33.7 Å². The summed E-state index contributed by atoms with van der Waals surface area (Å²) in [5, 5.41) is 20.5. The molecule has 3 heterocycles. The number of para-hydroxylation sites is 1.